The standard InChI is InChI=1S/C10H17N3O/c1-4-8(2)13(3)10-6-11-9(7-14)5-12-10/h5-6,8,14H,4,7H2,1-3H3. The van der Waals surface area contributed by atoms with Crippen LogP contribution in [0.1, 0.15) is 26.0 Å². The zero-order valence-corrected chi connectivity index (χ0v) is 8.94. The van der Waals surface area contributed by atoms with Crippen molar-refractivity contribution in [2.45, 2.75) is 32.9 Å². The third kappa shape index (κ3) is 2.42. The molecule has 4 heteroatoms. The average Bonchev–Trinajstić information content (AvgIpc) is 2.27. The van der Waals surface area contributed by atoms with Crippen molar-refractivity contribution in [2.75, 3.05) is 11.9 Å². The molecule has 0 bridgehead atoms. The zero-order chi connectivity index (χ0) is 10.6. The summed E-state index contributed by atoms with van der Waals surface area (Å²) in [5, 5.41) is 8.81. The predicted octanol–water partition coefficient (Wildman–Crippen LogP) is 1.20. The summed E-state index contributed by atoms with van der Waals surface area (Å²) in [6, 6.07) is 0.448. The fraction of sp³-hybridized carbons (Fsp3) is 0.600. The van der Waals surface area contributed by atoms with E-state index in [0.29, 0.717) is 11.7 Å². The number of hydrogen-bond acceptors (Lipinski definition) is 4. The molecule has 1 rings (SSSR count). The molecule has 0 saturated carbocycles. The first-order valence-electron chi connectivity index (χ1n) is 4.83. The second kappa shape index (κ2) is 4.91. The highest BCUT2D eigenvalue weighted by molar-refractivity contribution is 5.35. The highest BCUT2D eigenvalue weighted by Crippen LogP contribution is 2.11. The molecule has 0 amide bonds. The quantitative estimate of drug-likeness (QED) is 0.784. The van der Waals surface area contributed by atoms with Crippen LogP contribution in [0.2, 0.25) is 0 Å². The second-order valence-electron chi connectivity index (χ2n) is 3.39. The largest absolute Gasteiger partial charge is 0.390 e. The normalized spacial score (nSPS) is 12.6. The minimum Gasteiger partial charge on any atom is -0.390 e. The summed E-state index contributed by atoms with van der Waals surface area (Å²) in [7, 11) is 2.00. The molecule has 0 aromatic carbocycles. The van der Waals surface area contributed by atoms with Crippen LogP contribution in [0.4, 0.5) is 5.82 Å². The fourth-order valence-corrected chi connectivity index (χ4v) is 1.11. The van der Waals surface area contributed by atoms with Gasteiger partial charge in [0.2, 0.25) is 0 Å². The van der Waals surface area contributed by atoms with Crippen LogP contribution in [0.25, 0.3) is 0 Å². The van der Waals surface area contributed by atoms with Gasteiger partial charge in [0.15, 0.2) is 0 Å². The Balaban J connectivity index is 2.75. The van der Waals surface area contributed by atoms with Gasteiger partial charge >= 0.3 is 0 Å². The van der Waals surface area contributed by atoms with Crippen molar-refractivity contribution in [1.82, 2.24) is 9.97 Å². The molecule has 0 aliphatic heterocycles. The molecule has 0 saturated heterocycles. The molecule has 0 aliphatic carbocycles. The van der Waals surface area contributed by atoms with E-state index in [1.807, 2.05) is 7.05 Å². The van der Waals surface area contributed by atoms with E-state index in [0.717, 1.165) is 12.2 Å². The molecule has 0 spiro atoms. The van der Waals surface area contributed by atoms with Gasteiger partial charge in [0, 0.05) is 13.1 Å². The third-order valence-electron chi connectivity index (χ3n) is 2.47. The molecule has 4 nitrogen and oxygen atoms in total. The van der Waals surface area contributed by atoms with Crippen LogP contribution in [0.15, 0.2) is 12.4 Å². The molecule has 0 radical (unpaired) electrons. The topological polar surface area (TPSA) is 49.2 Å². The summed E-state index contributed by atoms with van der Waals surface area (Å²) in [6.07, 6.45) is 4.37. The van der Waals surface area contributed by atoms with Crippen molar-refractivity contribution < 1.29 is 5.11 Å². The first-order valence-corrected chi connectivity index (χ1v) is 4.83. The molecule has 0 aliphatic rings. The molecule has 1 unspecified atom stereocenters. The Bertz CT molecular complexity index is 273. The van der Waals surface area contributed by atoms with Crippen LogP contribution >= 0.6 is 0 Å². The maximum Gasteiger partial charge on any atom is 0.147 e. The number of aliphatic hydroxyl groups is 1. The van der Waals surface area contributed by atoms with Crippen molar-refractivity contribution in [3.05, 3.63) is 18.1 Å². The average molecular weight is 195 g/mol. The second-order valence-corrected chi connectivity index (χ2v) is 3.39. The molecule has 1 heterocycles. The maximum atomic E-state index is 8.81. The van der Waals surface area contributed by atoms with Gasteiger partial charge in [0.05, 0.1) is 24.7 Å². The van der Waals surface area contributed by atoms with Crippen molar-refractivity contribution in [1.29, 1.82) is 0 Å². The van der Waals surface area contributed by atoms with Gasteiger partial charge in [-0.05, 0) is 13.3 Å². The first kappa shape index (κ1) is 10.9. The fourth-order valence-electron chi connectivity index (χ4n) is 1.11. The van der Waals surface area contributed by atoms with Crippen LogP contribution in [-0.4, -0.2) is 28.2 Å². The lowest BCUT2D eigenvalue weighted by molar-refractivity contribution is 0.276. The van der Waals surface area contributed by atoms with Crippen LogP contribution in [-0.2, 0) is 6.61 Å². The molecule has 78 valence electrons. The summed E-state index contributed by atoms with van der Waals surface area (Å²) < 4.78 is 0. The maximum absolute atomic E-state index is 8.81. The van der Waals surface area contributed by atoms with Crippen LogP contribution < -0.4 is 4.90 Å². The van der Waals surface area contributed by atoms with Crippen LogP contribution in [0.3, 0.4) is 0 Å². The molecular formula is C10H17N3O. The van der Waals surface area contributed by atoms with Gasteiger partial charge in [-0.25, -0.2) is 4.98 Å². The molecule has 1 aromatic rings. The molecule has 0 fully saturated rings. The molecular weight excluding hydrogens is 178 g/mol. The Morgan fingerprint density at radius 3 is 2.57 bits per heavy atom. The van der Waals surface area contributed by atoms with E-state index in [2.05, 4.69) is 28.7 Å². The highest BCUT2D eigenvalue weighted by atomic mass is 16.3. The van der Waals surface area contributed by atoms with E-state index in [4.69, 9.17) is 5.11 Å². The van der Waals surface area contributed by atoms with Gasteiger partial charge in [0.25, 0.3) is 0 Å². The minimum atomic E-state index is -0.0552. The van der Waals surface area contributed by atoms with Crippen molar-refractivity contribution >= 4 is 5.82 Å². The summed E-state index contributed by atoms with van der Waals surface area (Å²) >= 11 is 0. The lowest BCUT2D eigenvalue weighted by Gasteiger charge is -2.24. The number of anilines is 1. The molecule has 1 N–H and O–H groups in total. The molecule has 1 atom stereocenters. The number of nitrogens with zero attached hydrogens (tertiary/aromatic N) is 3. The van der Waals surface area contributed by atoms with Gasteiger partial charge in [-0.2, -0.15) is 0 Å². The van der Waals surface area contributed by atoms with Crippen LogP contribution in [0.5, 0.6) is 0 Å². The van der Waals surface area contributed by atoms with E-state index < -0.39 is 0 Å². The van der Waals surface area contributed by atoms with Gasteiger partial charge < -0.3 is 10.0 Å². The summed E-state index contributed by atoms with van der Waals surface area (Å²) in [5.74, 6) is 0.844. The number of hydrogen-bond donors (Lipinski definition) is 1. The van der Waals surface area contributed by atoms with Crippen molar-refractivity contribution in [2.24, 2.45) is 0 Å². The molecule has 14 heavy (non-hydrogen) atoms. The molecule has 1 aromatic heterocycles. The lowest BCUT2D eigenvalue weighted by Crippen LogP contribution is -2.28. The van der Waals surface area contributed by atoms with Gasteiger partial charge in [-0.3, -0.25) is 4.98 Å². The Morgan fingerprint density at radius 1 is 1.43 bits per heavy atom. The Hall–Kier alpha value is -1.16. The number of aliphatic hydroxyl groups excluding tert-OH is 1. The zero-order valence-electron chi connectivity index (χ0n) is 8.94. The van der Waals surface area contributed by atoms with Crippen molar-refractivity contribution in [3.63, 3.8) is 0 Å². The highest BCUT2D eigenvalue weighted by Gasteiger charge is 2.08. The van der Waals surface area contributed by atoms with Gasteiger partial charge in [-0.15, -0.1) is 0 Å². The monoisotopic (exact) mass is 195 g/mol. The Morgan fingerprint density at radius 2 is 2.14 bits per heavy atom. The van der Waals surface area contributed by atoms with E-state index >= 15 is 0 Å². The SMILES string of the molecule is CCC(C)N(C)c1cnc(CO)cn1. The third-order valence-corrected chi connectivity index (χ3v) is 2.47. The first-order chi connectivity index (χ1) is 6.69. The Kier molecular flexibility index (Phi) is 3.83. The van der Waals surface area contributed by atoms with E-state index in [-0.39, 0.29) is 6.61 Å². The summed E-state index contributed by atoms with van der Waals surface area (Å²) in [6.45, 7) is 4.22. The summed E-state index contributed by atoms with van der Waals surface area (Å²) in [4.78, 5) is 10.4. The number of rotatable bonds is 4. The Labute approximate surface area is 84.6 Å². The van der Waals surface area contributed by atoms with E-state index in [9.17, 15) is 0 Å². The summed E-state index contributed by atoms with van der Waals surface area (Å²) in [5.41, 5.74) is 0.603. The van der Waals surface area contributed by atoms with Gasteiger partial charge in [-0.1, -0.05) is 6.92 Å². The number of aromatic nitrogens is 2. The minimum absolute atomic E-state index is 0.0552. The van der Waals surface area contributed by atoms with E-state index in [1.165, 1.54) is 0 Å². The smallest absolute Gasteiger partial charge is 0.147 e. The van der Waals surface area contributed by atoms with Crippen molar-refractivity contribution in [3.8, 4) is 0 Å². The van der Waals surface area contributed by atoms with Crippen LogP contribution in [0, 0.1) is 0 Å². The predicted molar refractivity (Wildman–Crippen MR) is 56.1 cm³/mol. The van der Waals surface area contributed by atoms with E-state index in [1.54, 1.807) is 12.4 Å². The lowest BCUT2D eigenvalue weighted by atomic mass is 10.2. The van der Waals surface area contributed by atoms with Gasteiger partial charge in [0.1, 0.15) is 5.82 Å².